The first-order valence-corrected chi connectivity index (χ1v) is 11.7. The maximum absolute atomic E-state index is 12.7. The van der Waals surface area contributed by atoms with E-state index in [1.807, 2.05) is 0 Å². The summed E-state index contributed by atoms with van der Waals surface area (Å²) in [4.78, 5) is 12.4. The Balaban J connectivity index is 1.67. The number of rotatable bonds is 8. The second-order valence-electron chi connectivity index (χ2n) is 6.63. The number of amides is 1. The van der Waals surface area contributed by atoms with Crippen LogP contribution in [0, 0.1) is 0 Å². The van der Waals surface area contributed by atoms with Gasteiger partial charge in [0.2, 0.25) is 10.0 Å². The third kappa shape index (κ3) is 5.57. The smallest absolute Gasteiger partial charge is 0.262 e. The van der Waals surface area contributed by atoms with Gasteiger partial charge < -0.3 is 24.3 Å². The van der Waals surface area contributed by atoms with Gasteiger partial charge in [0.1, 0.15) is 17.2 Å². The van der Waals surface area contributed by atoms with Gasteiger partial charge in [0, 0.05) is 25.2 Å². The molecule has 0 aliphatic carbocycles. The minimum absolute atomic E-state index is 0.0409. The molecular formula is C20H22Cl2N2O7S. The van der Waals surface area contributed by atoms with Gasteiger partial charge in [0.15, 0.2) is 6.61 Å². The van der Waals surface area contributed by atoms with Gasteiger partial charge in [-0.05, 0) is 18.2 Å². The fraction of sp³-hybridized carbons (Fsp3) is 0.350. The van der Waals surface area contributed by atoms with Crippen molar-refractivity contribution in [3.63, 3.8) is 0 Å². The summed E-state index contributed by atoms with van der Waals surface area (Å²) in [6, 6.07) is 7.14. The third-order valence-corrected chi connectivity index (χ3v) is 7.10. The van der Waals surface area contributed by atoms with Crippen LogP contribution in [0.4, 0.5) is 5.69 Å². The molecule has 0 unspecified atom stereocenters. The molecule has 1 saturated heterocycles. The summed E-state index contributed by atoms with van der Waals surface area (Å²) in [5.74, 6) is 0.390. The molecule has 0 radical (unpaired) electrons. The zero-order valence-electron chi connectivity index (χ0n) is 17.4. The normalized spacial score (nSPS) is 14.6. The monoisotopic (exact) mass is 504 g/mol. The van der Waals surface area contributed by atoms with Crippen LogP contribution in [0.25, 0.3) is 0 Å². The van der Waals surface area contributed by atoms with E-state index in [-0.39, 0.29) is 35.4 Å². The Bertz CT molecular complexity index is 1090. The van der Waals surface area contributed by atoms with Crippen molar-refractivity contribution in [1.29, 1.82) is 0 Å². The van der Waals surface area contributed by atoms with E-state index in [0.717, 1.165) is 0 Å². The largest absolute Gasteiger partial charge is 0.495 e. The lowest BCUT2D eigenvalue weighted by Crippen LogP contribution is -2.40. The maximum Gasteiger partial charge on any atom is 0.262 e. The highest BCUT2D eigenvalue weighted by Gasteiger charge is 2.27. The van der Waals surface area contributed by atoms with E-state index in [2.05, 4.69) is 5.32 Å². The number of hydrogen-bond donors (Lipinski definition) is 1. The molecule has 1 aliphatic rings. The summed E-state index contributed by atoms with van der Waals surface area (Å²) in [5.41, 5.74) is 0.348. The van der Waals surface area contributed by atoms with Crippen molar-refractivity contribution in [2.75, 3.05) is 52.4 Å². The van der Waals surface area contributed by atoms with Gasteiger partial charge in [-0.3, -0.25) is 4.79 Å². The first kappa shape index (κ1) is 24.4. The van der Waals surface area contributed by atoms with Crippen molar-refractivity contribution in [2.24, 2.45) is 0 Å². The molecule has 12 heteroatoms. The lowest BCUT2D eigenvalue weighted by molar-refractivity contribution is -0.118. The first-order valence-electron chi connectivity index (χ1n) is 9.48. The molecule has 0 saturated carbocycles. The minimum atomic E-state index is -3.69. The van der Waals surface area contributed by atoms with E-state index >= 15 is 0 Å². The summed E-state index contributed by atoms with van der Waals surface area (Å²) in [6.45, 7) is 0.860. The molecule has 1 N–H and O–H groups in total. The Morgan fingerprint density at radius 2 is 1.69 bits per heavy atom. The molecule has 9 nitrogen and oxygen atoms in total. The maximum atomic E-state index is 12.7. The summed E-state index contributed by atoms with van der Waals surface area (Å²) in [7, 11) is -0.801. The molecule has 1 aliphatic heterocycles. The average Bonchev–Trinajstić information content (AvgIpc) is 2.79. The number of carbonyl (C=O) groups is 1. The molecule has 1 amide bonds. The molecule has 0 aromatic heterocycles. The highest BCUT2D eigenvalue weighted by Crippen LogP contribution is 2.36. The standard InChI is InChI=1S/C20H22Cl2N2O7S/c1-28-18-11-16(19(29-2)10-15(18)22)23-20(25)12-31-17-4-3-13(9-14(17)21)32(26,27)24-5-7-30-8-6-24/h3-4,9-11H,5-8,12H2,1-2H3,(H,23,25). The summed E-state index contributed by atoms with van der Waals surface area (Å²) < 4.78 is 47.8. The molecule has 3 rings (SSSR count). The second kappa shape index (κ2) is 10.6. The van der Waals surface area contributed by atoms with Crippen LogP contribution in [0.15, 0.2) is 35.2 Å². The number of anilines is 1. The Hall–Kier alpha value is -2.24. The van der Waals surface area contributed by atoms with Crippen molar-refractivity contribution in [3.8, 4) is 17.2 Å². The van der Waals surface area contributed by atoms with Crippen LogP contribution < -0.4 is 19.5 Å². The molecule has 174 valence electrons. The molecule has 32 heavy (non-hydrogen) atoms. The number of benzene rings is 2. The Labute approximate surface area is 196 Å². The number of sulfonamides is 1. The molecule has 0 bridgehead atoms. The van der Waals surface area contributed by atoms with Crippen molar-refractivity contribution in [2.45, 2.75) is 4.90 Å². The Morgan fingerprint density at radius 1 is 1.03 bits per heavy atom. The lowest BCUT2D eigenvalue weighted by atomic mass is 10.2. The predicted molar refractivity (Wildman–Crippen MR) is 120 cm³/mol. The summed E-state index contributed by atoms with van der Waals surface area (Å²) in [5, 5.41) is 3.05. The lowest BCUT2D eigenvalue weighted by Gasteiger charge is -2.26. The van der Waals surface area contributed by atoms with E-state index < -0.39 is 15.9 Å². The SMILES string of the molecule is COc1cc(NC(=O)COc2ccc(S(=O)(=O)N3CCOCC3)cc2Cl)c(OC)cc1Cl. The van der Waals surface area contributed by atoms with Gasteiger partial charge in [-0.25, -0.2) is 8.42 Å². The summed E-state index contributed by atoms with van der Waals surface area (Å²) >= 11 is 12.3. The van der Waals surface area contributed by atoms with Crippen LogP contribution in [-0.2, 0) is 19.6 Å². The van der Waals surface area contributed by atoms with E-state index in [0.29, 0.717) is 35.4 Å². The van der Waals surface area contributed by atoms with Gasteiger partial charge in [-0.15, -0.1) is 0 Å². The Kier molecular flexibility index (Phi) is 8.07. The first-order chi connectivity index (χ1) is 15.3. The van der Waals surface area contributed by atoms with E-state index in [9.17, 15) is 13.2 Å². The second-order valence-corrected chi connectivity index (χ2v) is 9.38. The number of nitrogens with zero attached hydrogens (tertiary/aromatic N) is 1. The number of carbonyl (C=O) groups excluding carboxylic acids is 1. The van der Waals surface area contributed by atoms with Crippen LogP contribution in [0.2, 0.25) is 10.0 Å². The quantitative estimate of drug-likeness (QED) is 0.588. The van der Waals surface area contributed by atoms with E-state index in [1.165, 1.54) is 48.9 Å². The molecule has 0 spiro atoms. The molecule has 0 atom stereocenters. The average molecular weight is 505 g/mol. The zero-order chi connectivity index (χ0) is 23.3. The van der Waals surface area contributed by atoms with E-state index in [4.69, 9.17) is 42.1 Å². The number of nitrogens with one attached hydrogen (secondary N) is 1. The fourth-order valence-corrected chi connectivity index (χ4v) is 4.95. The molecule has 2 aromatic carbocycles. The van der Waals surface area contributed by atoms with Crippen molar-refractivity contribution < 1.29 is 32.2 Å². The third-order valence-electron chi connectivity index (χ3n) is 4.62. The number of ether oxygens (including phenoxy) is 4. The number of morpholine rings is 1. The molecular weight excluding hydrogens is 483 g/mol. The van der Waals surface area contributed by atoms with Crippen LogP contribution >= 0.6 is 23.2 Å². The topological polar surface area (TPSA) is 103 Å². The van der Waals surface area contributed by atoms with Crippen LogP contribution in [0.1, 0.15) is 0 Å². The van der Waals surface area contributed by atoms with Gasteiger partial charge in [-0.2, -0.15) is 4.31 Å². The Morgan fingerprint density at radius 3 is 2.31 bits per heavy atom. The molecule has 1 heterocycles. The van der Waals surface area contributed by atoms with Gasteiger partial charge in [0.05, 0.1) is 48.1 Å². The predicted octanol–water partition coefficient (Wildman–Crippen LogP) is 3.05. The molecule has 2 aromatic rings. The number of halogens is 2. The minimum Gasteiger partial charge on any atom is -0.495 e. The highest BCUT2D eigenvalue weighted by atomic mass is 35.5. The van der Waals surface area contributed by atoms with E-state index in [1.54, 1.807) is 0 Å². The van der Waals surface area contributed by atoms with Crippen LogP contribution in [0.3, 0.4) is 0 Å². The van der Waals surface area contributed by atoms with Crippen molar-refractivity contribution >= 4 is 44.8 Å². The van der Waals surface area contributed by atoms with Crippen LogP contribution in [-0.4, -0.2) is 65.8 Å². The molecule has 1 fully saturated rings. The fourth-order valence-electron chi connectivity index (χ4n) is 2.98. The number of hydrogen-bond acceptors (Lipinski definition) is 7. The van der Waals surface area contributed by atoms with Gasteiger partial charge >= 0.3 is 0 Å². The zero-order valence-corrected chi connectivity index (χ0v) is 19.7. The summed E-state index contributed by atoms with van der Waals surface area (Å²) in [6.07, 6.45) is 0. The van der Waals surface area contributed by atoms with Gasteiger partial charge in [-0.1, -0.05) is 23.2 Å². The number of methoxy groups -OCH3 is 2. The van der Waals surface area contributed by atoms with Crippen LogP contribution in [0.5, 0.6) is 17.2 Å². The van der Waals surface area contributed by atoms with Crippen molar-refractivity contribution in [3.05, 3.63) is 40.4 Å². The highest BCUT2D eigenvalue weighted by molar-refractivity contribution is 7.89. The van der Waals surface area contributed by atoms with Gasteiger partial charge in [0.25, 0.3) is 5.91 Å². The van der Waals surface area contributed by atoms with Crippen molar-refractivity contribution in [1.82, 2.24) is 4.31 Å².